The van der Waals surface area contributed by atoms with Crippen molar-refractivity contribution in [2.75, 3.05) is 24.9 Å². The van der Waals surface area contributed by atoms with Crippen LogP contribution in [0.1, 0.15) is 21.2 Å². The first-order chi connectivity index (χ1) is 20.4. The van der Waals surface area contributed by atoms with Crippen LogP contribution in [0.5, 0.6) is 11.5 Å². The average Bonchev–Trinajstić information content (AvgIpc) is 3.48. The van der Waals surface area contributed by atoms with Gasteiger partial charge in [-0.25, -0.2) is 4.98 Å². The van der Waals surface area contributed by atoms with Crippen molar-refractivity contribution in [1.82, 2.24) is 4.98 Å². The van der Waals surface area contributed by atoms with Crippen LogP contribution in [0.15, 0.2) is 107 Å². The molecule has 1 atom stereocenters. The normalized spacial score (nSPS) is 11.4. The lowest BCUT2D eigenvalue weighted by Crippen LogP contribution is -2.19. The number of benzene rings is 4. The van der Waals surface area contributed by atoms with Gasteiger partial charge in [-0.3, -0.25) is 9.59 Å². The van der Waals surface area contributed by atoms with Crippen LogP contribution in [0.4, 0.5) is 10.8 Å². The Bertz CT molecular complexity index is 1690. The minimum atomic E-state index is -0.536. The molecular weight excluding hydrogens is 590 g/mol. The number of thiazole rings is 1. The highest BCUT2D eigenvalue weighted by Crippen LogP contribution is 2.38. The predicted molar refractivity (Wildman–Crippen MR) is 170 cm³/mol. The molecule has 5 aromatic rings. The van der Waals surface area contributed by atoms with Crippen molar-refractivity contribution in [1.29, 1.82) is 0 Å². The van der Waals surface area contributed by atoms with Crippen molar-refractivity contribution < 1.29 is 19.1 Å². The summed E-state index contributed by atoms with van der Waals surface area (Å²) in [6.07, 6.45) is 0. The minimum Gasteiger partial charge on any atom is -0.493 e. The molecule has 0 bridgehead atoms. The Hall–Kier alpha value is -4.31. The van der Waals surface area contributed by atoms with Crippen molar-refractivity contribution >= 4 is 57.3 Å². The summed E-state index contributed by atoms with van der Waals surface area (Å²) < 4.78 is 10.5. The van der Waals surface area contributed by atoms with Gasteiger partial charge in [-0.2, -0.15) is 0 Å². The number of aromatic nitrogens is 1. The molecule has 5 rings (SSSR count). The predicted octanol–water partition coefficient (Wildman–Crippen LogP) is 8.21. The zero-order valence-electron chi connectivity index (χ0n) is 22.7. The minimum absolute atomic E-state index is 0.197. The fraction of sp³-hybridized carbons (Fsp3) is 0.0938. The Morgan fingerprint density at radius 1 is 0.857 bits per heavy atom. The zero-order valence-corrected chi connectivity index (χ0v) is 25.1. The number of halogens is 1. The maximum absolute atomic E-state index is 13.5. The van der Waals surface area contributed by atoms with E-state index >= 15 is 0 Å². The summed E-state index contributed by atoms with van der Waals surface area (Å²) >= 11 is 9.08. The van der Waals surface area contributed by atoms with Gasteiger partial charge in [-0.05, 0) is 54.1 Å². The smallest absolute Gasteiger partial charge is 0.255 e. The van der Waals surface area contributed by atoms with Gasteiger partial charge in [-0.1, -0.05) is 60.1 Å². The molecule has 4 aromatic carbocycles. The Kier molecular flexibility index (Phi) is 9.43. The Morgan fingerprint density at radius 3 is 2.29 bits per heavy atom. The van der Waals surface area contributed by atoms with Crippen molar-refractivity contribution in [2.45, 2.75) is 10.1 Å². The third kappa shape index (κ3) is 6.94. The molecule has 2 N–H and O–H groups in total. The van der Waals surface area contributed by atoms with Gasteiger partial charge in [0.15, 0.2) is 16.6 Å². The molecule has 0 saturated carbocycles. The van der Waals surface area contributed by atoms with Gasteiger partial charge >= 0.3 is 0 Å². The average molecular weight is 616 g/mol. The van der Waals surface area contributed by atoms with Gasteiger partial charge in [0, 0.05) is 32.1 Å². The summed E-state index contributed by atoms with van der Waals surface area (Å²) in [5.74, 6) is 0.540. The molecule has 2 amide bonds. The number of anilines is 2. The van der Waals surface area contributed by atoms with E-state index < -0.39 is 5.25 Å². The third-order valence-electron chi connectivity index (χ3n) is 6.24. The van der Waals surface area contributed by atoms with Crippen molar-refractivity contribution in [3.05, 3.63) is 119 Å². The maximum atomic E-state index is 13.5. The standard InChI is InChI=1S/C32H26ClN3O4S2/c1-39-27-17-12-21(18-28(27)40-2)30(37)34-22-13-15-23(16-14-22)42-29(20-8-4-3-5-9-20)31(38)36-32-35-26(19-41-32)24-10-6-7-11-25(24)33/h3-19,29H,1-2H3,(H,34,37)(H,35,36,38). The highest BCUT2D eigenvalue weighted by molar-refractivity contribution is 8.00. The molecule has 1 aromatic heterocycles. The molecule has 10 heteroatoms. The van der Waals surface area contributed by atoms with Gasteiger partial charge in [0.1, 0.15) is 5.25 Å². The van der Waals surface area contributed by atoms with E-state index in [0.717, 1.165) is 16.0 Å². The van der Waals surface area contributed by atoms with Crippen LogP contribution in [0.25, 0.3) is 11.3 Å². The molecule has 1 heterocycles. The fourth-order valence-corrected chi connectivity index (χ4v) is 6.10. The van der Waals surface area contributed by atoms with Crippen molar-refractivity contribution in [2.24, 2.45) is 0 Å². The van der Waals surface area contributed by atoms with E-state index in [1.807, 2.05) is 72.1 Å². The van der Waals surface area contributed by atoms with Crippen LogP contribution in [0.2, 0.25) is 5.02 Å². The molecule has 42 heavy (non-hydrogen) atoms. The van der Waals surface area contributed by atoms with E-state index in [9.17, 15) is 9.59 Å². The number of nitrogens with one attached hydrogen (secondary N) is 2. The third-order valence-corrected chi connectivity index (χ3v) is 8.59. The second-order valence-electron chi connectivity index (χ2n) is 8.96. The SMILES string of the molecule is COc1ccc(C(=O)Nc2ccc(SC(C(=O)Nc3nc(-c4ccccc4Cl)cs3)c3ccccc3)cc2)cc1OC. The topological polar surface area (TPSA) is 89.5 Å². The summed E-state index contributed by atoms with van der Waals surface area (Å²) in [7, 11) is 3.06. The van der Waals surface area contributed by atoms with Crippen molar-refractivity contribution in [3.63, 3.8) is 0 Å². The number of amides is 2. The van der Waals surface area contributed by atoms with Crippen molar-refractivity contribution in [3.8, 4) is 22.8 Å². The molecule has 0 radical (unpaired) electrons. The van der Waals surface area contributed by atoms with E-state index in [4.69, 9.17) is 21.1 Å². The van der Waals surface area contributed by atoms with Gasteiger partial charge in [0.25, 0.3) is 5.91 Å². The summed E-state index contributed by atoms with van der Waals surface area (Å²) in [6, 6.07) is 29.4. The number of carbonyl (C=O) groups is 2. The molecule has 7 nitrogen and oxygen atoms in total. The lowest BCUT2D eigenvalue weighted by atomic mass is 10.1. The van der Waals surface area contributed by atoms with Crippen LogP contribution in [-0.4, -0.2) is 31.0 Å². The van der Waals surface area contributed by atoms with Gasteiger partial charge in [-0.15, -0.1) is 23.1 Å². The van der Waals surface area contributed by atoms with Gasteiger partial charge in [0.2, 0.25) is 5.91 Å². The Balaban J connectivity index is 1.29. The van der Waals surface area contributed by atoms with Crippen LogP contribution in [0, 0.1) is 0 Å². The van der Waals surface area contributed by atoms with E-state index in [-0.39, 0.29) is 11.8 Å². The quantitative estimate of drug-likeness (QED) is 0.154. The Labute approximate surface area is 256 Å². The summed E-state index contributed by atoms with van der Waals surface area (Å²) in [4.78, 5) is 31.8. The number of thioether (sulfide) groups is 1. The summed E-state index contributed by atoms with van der Waals surface area (Å²) in [6.45, 7) is 0. The molecule has 0 spiro atoms. The number of carbonyl (C=O) groups excluding carboxylic acids is 2. The second kappa shape index (κ2) is 13.6. The molecule has 0 saturated heterocycles. The van der Waals surface area contributed by atoms with Crippen LogP contribution >= 0.6 is 34.7 Å². The first-order valence-corrected chi connectivity index (χ1v) is 14.9. The largest absolute Gasteiger partial charge is 0.493 e. The second-order valence-corrected chi connectivity index (χ2v) is 11.4. The molecule has 0 aliphatic heterocycles. The van der Waals surface area contributed by atoms with E-state index in [1.54, 1.807) is 37.4 Å². The highest BCUT2D eigenvalue weighted by atomic mass is 35.5. The van der Waals surface area contributed by atoms with E-state index in [0.29, 0.717) is 38.6 Å². The number of hydrogen-bond acceptors (Lipinski definition) is 7. The molecule has 0 aliphatic carbocycles. The lowest BCUT2D eigenvalue weighted by Gasteiger charge is -2.16. The van der Waals surface area contributed by atoms with Gasteiger partial charge in [0.05, 0.1) is 19.9 Å². The number of rotatable bonds is 10. The highest BCUT2D eigenvalue weighted by Gasteiger charge is 2.23. The van der Waals surface area contributed by atoms with Gasteiger partial charge < -0.3 is 20.1 Å². The van der Waals surface area contributed by atoms with Crippen LogP contribution < -0.4 is 20.1 Å². The Morgan fingerprint density at radius 2 is 1.57 bits per heavy atom. The monoisotopic (exact) mass is 615 g/mol. The zero-order chi connectivity index (χ0) is 29.5. The van der Waals surface area contributed by atoms with Crippen LogP contribution in [-0.2, 0) is 4.79 Å². The molecule has 0 fully saturated rings. The lowest BCUT2D eigenvalue weighted by molar-refractivity contribution is -0.115. The first-order valence-electron chi connectivity index (χ1n) is 12.8. The van der Waals surface area contributed by atoms with E-state index in [1.165, 1.54) is 30.2 Å². The number of ether oxygens (including phenoxy) is 2. The fourth-order valence-electron chi connectivity index (χ4n) is 4.13. The summed E-state index contributed by atoms with van der Waals surface area (Å²) in [5, 5.41) is 8.29. The molecule has 212 valence electrons. The number of nitrogens with zero attached hydrogens (tertiary/aromatic N) is 1. The molecule has 0 aliphatic rings. The number of hydrogen-bond donors (Lipinski definition) is 2. The summed E-state index contributed by atoms with van der Waals surface area (Å²) in [5.41, 5.74) is 3.42. The maximum Gasteiger partial charge on any atom is 0.255 e. The van der Waals surface area contributed by atoms with Crippen LogP contribution in [0.3, 0.4) is 0 Å². The molecule has 1 unspecified atom stereocenters. The first kappa shape index (κ1) is 29.2. The molecular formula is C32H26ClN3O4S2. The number of methoxy groups -OCH3 is 2. The van der Waals surface area contributed by atoms with E-state index in [2.05, 4.69) is 15.6 Å².